The molecule has 13 heavy (non-hydrogen) atoms. The van der Waals surface area contributed by atoms with Crippen LogP contribution >= 0.6 is 27.3 Å². The van der Waals surface area contributed by atoms with E-state index in [4.69, 9.17) is 0 Å². The Bertz CT molecular complexity index is 250. The molecule has 1 aromatic rings. The second-order valence-corrected chi connectivity index (χ2v) is 5.21. The summed E-state index contributed by atoms with van der Waals surface area (Å²) in [7, 11) is 0. The number of rotatable bonds is 5. The Hall–Kier alpha value is 0.0400. The van der Waals surface area contributed by atoms with Gasteiger partial charge in [0.2, 0.25) is 0 Å². The molecule has 0 aromatic carbocycles. The Labute approximate surface area is 91.9 Å². The first-order valence-corrected chi connectivity index (χ1v) is 6.47. The summed E-state index contributed by atoms with van der Waals surface area (Å²) in [6.07, 6.45) is 4.59. The van der Waals surface area contributed by atoms with Crippen LogP contribution in [0.2, 0.25) is 0 Å². The molecule has 0 N–H and O–H groups in total. The minimum absolute atomic E-state index is 0.389. The molecule has 0 aliphatic rings. The monoisotopic (exact) mass is 262 g/mol. The van der Waals surface area contributed by atoms with Crippen LogP contribution in [-0.4, -0.2) is 10.2 Å². The molecule has 1 aromatic heterocycles. The van der Waals surface area contributed by atoms with Crippen LogP contribution in [0.15, 0.2) is 0 Å². The standard InChI is InChI=1S/C9H15BrN2S/c1-3-5-6-8-11-12-9(13-8)7(10)4-2/h7H,3-6H2,1-2H3. The number of aromatic nitrogens is 2. The molecule has 0 spiro atoms. The fraction of sp³-hybridized carbons (Fsp3) is 0.778. The van der Waals surface area contributed by atoms with Gasteiger partial charge >= 0.3 is 0 Å². The SMILES string of the molecule is CCCCc1nnc(C(Br)CC)s1. The molecule has 1 heterocycles. The van der Waals surface area contributed by atoms with Gasteiger partial charge in [-0.25, -0.2) is 0 Å². The van der Waals surface area contributed by atoms with E-state index < -0.39 is 0 Å². The summed E-state index contributed by atoms with van der Waals surface area (Å²) in [6, 6.07) is 0. The highest BCUT2D eigenvalue weighted by molar-refractivity contribution is 9.09. The zero-order valence-electron chi connectivity index (χ0n) is 8.09. The van der Waals surface area contributed by atoms with Crippen LogP contribution in [0.3, 0.4) is 0 Å². The maximum absolute atomic E-state index is 4.16. The highest BCUT2D eigenvalue weighted by Crippen LogP contribution is 2.28. The molecule has 2 nitrogen and oxygen atoms in total. The summed E-state index contributed by atoms with van der Waals surface area (Å²) in [5.41, 5.74) is 0. The van der Waals surface area contributed by atoms with Crippen molar-refractivity contribution < 1.29 is 0 Å². The molecule has 0 bridgehead atoms. The van der Waals surface area contributed by atoms with Crippen molar-refractivity contribution in [3.63, 3.8) is 0 Å². The third-order valence-corrected chi connectivity index (χ3v) is 4.33. The molecule has 0 radical (unpaired) electrons. The largest absolute Gasteiger partial charge is 0.144 e. The molecular formula is C9H15BrN2S. The maximum Gasteiger partial charge on any atom is 0.131 e. The molecule has 0 saturated heterocycles. The van der Waals surface area contributed by atoms with Crippen LogP contribution in [-0.2, 0) is 6.42 Å². The Morgan fingerprint density at radius 2 is 2.15 bits per heavy atom. The molecule has 0 saturated carbocycles. The van der Waals surface area contributed by atoms with Gasteiger partial charge < -0.3 is 0 Å². The van der Waals surface area contributed by atoms with E-state index in [-0.39, 0.29) is 0 Å². The maximum atomic E-state index is 4.16. The number of halogens is 1. The zero-order valence-corrected chi connectivity index (χ0v) is 10.5. The van der Waals surface area contributed by atoms with E-state index in [1.165, 1.54) is 17.8 Å². The molecule has 1 unspecified atom stereocenters. The molecule has 1 atom stereocenters. The van der Waals surface area contributed by atoms with Gasteiger partial charge in [-0.3, -0.25) is 0 Å². The minimum Gasteiger partial charge on any atom is -0.144 e. The first-order chi connectivity index (χ1) is 6.27. The summed E-state index contributed by atoms with van der Waals surface area (Å²) in [5.74, 6) is 0. The fourth-order valence-corrected chi connectivity index (χ4v) is 2.31. The summed E-state index contributed by atoms with van der Waals surface area (Å²) in [6.45, 7) is 4.34. The van der Waals surface area contributed by atoms with E-state index in [2.05, 4.69) is 40.0 Å². The highest BCUT2D eigenvalue weighted by Gasteiger charge is 2.10. The number of alkyl halides is 1. The molecule has 0 aliphatic heterocycles. The van der Waals surface area contributed by atoms with Gasteiger partial charge in [0.1, 0.15) is 10.0 Å². The lowest BCUT2D eigenvalue weighted by Gasteiger charge is -1.97. The number of unbranched alkanes of at least 4 members (excludes halogenated alkanes) is 1. The number of hydrogen-bond acceptors (Lipinski definition) is 3. The number of hydrogen-bond donors (Lipinski definition) is 0. The van der Waals surface area contributed by atoms with Crippen LogP contribution in [0.5, 0.6) is 0 Å². The van der Waals surface area contributed by atoms with Gasteiger partial charge in [0.25, 0.3) is 0 Å². The van der Waals surface area contributed by atoms with Crippen molar-refractivity contribution in [1.29, 1.82) is 0 Å². The Morgan fingerprint density at radius 3 is 2.77 bits per heavy atom. The van der Waals surface area contributed by atoms with Gasteiger partial charge in [-0.05, 0) is 12.8 Å². The van der Waals surface area contributed by atoms with Crippen LogP contribution in [0.25, 0.3) is 0 Å². The summed E-state index contributed by atoms with van der Waals surface area (Å²) in [4.78, 5) is 0.389. The van der Waals surface area contributed by atoms with Crippen LogP contribution in [0, 0.1) is 0 Å². The second-order valence-electron chi connectivity index (χ2n) is 3.01. The van der Waals surface area contributed by atoms with Gasteiger partial charge in [0.15, 0.2) is 0 Å². The van der Waals surface area contributed by atoms with Crippen molar-refractivity contribution in [3.05, 3.63) is 10.0 Å². The minimum atomic E-state index is 0.389. The molecule has 1 rings (SSSR count). The van der Waals surface area contributed by atoms with E-state index in [0.29, 0.717) is 4.83 Å². The molecule has 0 fully saturated rings. The van der Waals surface area contributed by atoms with Gasteiger partial charge in [-0.15, -0.1) is 21.5 Å². The topological polar surface area (TPSA) is 25.8 Å². The van der Waals surface area contributed by atoms with Crippen molar-refractivity contribution in [1.82, 2.24) is 10.2 Å². The van der Waals surface area contributed by atoms with Crippen molar-refractivity contribution >= 4 is 27.3 Å². The van der Waals surface area contributed by atoms with Crippen molar-refractivity contribution in [2.24, 2.45) is 0 Å². The van der Waals surface area contributed by atoms with Gasteiger partial charge in [0, 0.05) is 6.42 Å². The van der Waals surface area contributed by atoms with E-state index in [1.54, 1.807) is 11.3 Å². The first kappa shape index (κ1) is 11.1. The summed E-state index contributed by atoms with van der Waals surface area (Å²) < 4.78 is 0. The third-order valence-electron chi connectivity index (χ3n) is 1.85. The van der Waals surface area contributed by atoms with Crippen molar-refractivity contribution in [3.8, 4) is 0 Å². The Morgan fingerprint density at radius 1 is 1.38 bits per heavy atom. The molecular weight excluding hydrogens is 248 g/mol. The van der Waals surface area contributed by atoms with E-state index in [9.17, 15) is 0 Å². The summed E-state index contributed by atoms with van der Waals surface area (Å²) >= 11 is 5.31. The van der Waals surface area contributed by atoms with E-state index in [1.807, 2.05) is 0 Å². The third kappa shape index (κ3) is 3.35. The quantitative estimate of drug-likeness (QED) is 0.756. The first-order valence-electron chi connectivity index (χ1n) is 4.74. The Kier molecular flexibility index (Phi) is 4.88. The lowest BCUT2D eigenvalue weighted by atomic mass is 10.3. The lowest BCUT2D eigenvalue weighted by molar-refractivity contribution is 0.775. The van der Waals surface area contributed by atoms with Gasteiger partial charge in [-0.1, -0.05) is 36.2 Å². The number of nitrogens with zero attached hydrogens (tertiary/aromatic N) is 2. The normalized spacial score (nSPS) is 13.2. The predicted octanol–water partition coefficient (Wildman–Crippen LogP) is 3.73. The second kappa shape index (κ2) is 5.70. The fourth-order valence-electron chi connectivity index (χ4n) is 0.997. The summed E-state index contributed by atoms with van der Waals surface area (Å²) in [5, 5.41) is 10.6. The average Bonchev–Trinajstić information content (AvgIpc) is 2.62. The van der Waals surface area contributed by atoms with E-state index in [0.717, 1.165) is 17.8 Å². The van der Waals surface area contributed by atoms with Crippen LogP contribution in [0.1, 0.15) is 48.0 Å². The highest BCUT2D eigenvalue weighted by atomic mass is 79.9. The van der Waals surface area contributed by atoms with E-state index >= 15 is 0 Å². The molecule has 0 amide bonds. The molecule has 0 aliphatic carbocycles. The zero-order chi connectivity index (χ0) is 9.68. The van der Waals surface area contributed by atoms with Crippen LogP contribution < -0.4 is 0 Å². The van der Waals surface area contributed by atoms with Crippen molar-refractivity contribution in [2.75, 3.05) is 0 Å². The van der Waals surface area contributed by atoms with Gasteiger partial charge in [0.05, 0.1) is 4.83 Å². The smallest absolute Gasteiger partial charge is 0.131 e. The van der Waals surface area contributed by atoms with Crippen LogP contribution in [0.4, 0.5) is 0 Å². The van der Waals surface area contributed by atoms with Crippen molar-refractivity contribution in [2.45, 2.75) is 44.4 Å². The predicted molar refractivity (Wildman–Crippen MR) is 60.5 cm³/mol. The van der Waals surface area contributed by atoms with Gasteiger partial charge in [-0.2, -0.15) is 0 Å². The Balaban J connectivity index is 2.53. The molecule has 74 valence electrons. The lowest BCUT2D eigenvalue weighted by Crippen LogP contribution is -1.85. The molecule has 4 heteroatoms. The average molecular weight is 263 g/mol. The number of aryl methyl sites for hydroxylation is 1.